The van der Waals surface area contributed by atoms with Gasteiger partial charge in [-0.1, -0.05) is 6.07 Å². The van der Waals surface area contributed by atoms with E-state index in [1.165, 1.54) is 17.0 Å². The molecular weight excluding hydrogens is 321 g/mol. The molecule has 1 aliphatic heterocycles. The second-order valence-electron chi connectivity index (χ2n) is 4.91. The Labute approximate surface area is 132 Å². The highest BCUT2D eigenvalue weighted by molar-refractivity contribution is 5.94. The second-order valence-corrected chi connectivity index (χ2v) is 4.91. The van der Waals surface area contributed by atoms with Crippen LogP contribution in [0.5, 0.6) is 0 Å². The van der Waals surface area contributed by atoms with Gasteiger partial charge in [-0.3, -0.25) is 4.79 Å². The molecular formula is C14H18ClF3N2O2. The zero-order valence-electron chi connectivity index (χ0n) is 11.8. The lowest BCUT2D eigenvalue weighted by atomic mass is 10.1. The van der Waals surface area contributed by atoms with Crippen LogP contribution >= 0.6 is 12.4 Å². The third kappa shape index (κ3) is 4.59. The normalized spacial score (nSPS) is 19.3. The predicted molar refractivity (Wildman–Crippen MR) is 78.0 cm³/mol. The monoisotopic (exact) mass is 338 g/mol. The number of hydrogen-bond donors (Lipinski definition) is 1. The first-order valence-corrected chi connectivity index (χ1v) is 6.70. The number of carbonyl (C=O) groups excluding carboxylic acids is 1. The maximum Gasteiger partial charge on any atom is 0.416 e. The van der Waals surface area contributed by atoms with Gasteiger partial charge in [-0.05, 0) is 24.6 Å². The van der Waals surface area contributed by atoms with E-state index in [1.54, 1.807) is 0 Å². The standard InChI is InChI=1S/C14H17F3N2O2.ClH/c15-14(16,17)11-4-1-3-10(7-11)13(20)19-5-2-6-21-12(8-18)9-19;/h1,3-4,7,12H,2,5-6,8-9,18H2;1H. The molecule has 2 N–H and O–H groups in total. The van der Waals surface area contributed by atoms with Crippen LogP contribution in [0.25, 0.3) is 0 Å². The van der Waals surface area contributed by atoms with E-state index in [1.807, 2.05) is 0 Å². The van der Waals surface area contributed by atoms with Crippen LogP contribution in [-0.4, -0.2) is 43.2 Å². The van der Waals surface area contributed by atoms with E-state index in [-0.39, 0.29) is 30.6 Å². The van der Waals surface area contributed by atoms with E-state index in [0.717, 1.165) is 12.1 Å². The average molecular weight is 339 g/mol. The van der Waals surface area contributed by atoms with Crippen molar-refractivity contribution >= 4 is 18.3 Å². The van der Waals surface area contributed by atoms with Crippen molar-refractivity contribution in [1.82, 2.24) is 4.90 Å². The van der Waals surface area contributed by atoms with Crippen molar-refractivity contribution in [3.8, 4) is 0 Å². The van der Waals surface area contributed by atoms with Crippen LogP contribution in [0.2, 0.25) is 0 Å². The van der Waals surface area contributed by atoms with Crippen LogP contribution in [0, 0.1) is 0 Å². The van der Waals surface area contributed by atoms with Crippen molar-refractivity contribution in [1.29, 1.82) is 0 Å². The minimum absolute atomic E-state index is 0. The molecule has 124 valence electrons. The number of nitrogens with zero attached hydrogens (tertiary/aromatic N) is 1. The molecule has 4 nitrogen and oxygen atoms in total. The third-order valence-corrected chi connectivity index (χ3v) is 3.34. The van der Waals surface area contributed by atoms with Gasteiger partial charge in [0.05, 0.1) is 11.7 Å². The number of ether oxygens (including phenoxy) is 1. The molecule has 22 heavy (non-hydrogen) atoms. The van der Waals surface area contributed by atoms with Gasteiger partial charge in [-0.25, -0.2) is 0 Å². The summed E-state index contributed by atoms with van der Waals surface area (Å²) in [6, 6.07) is 4.46. The fourth-order valence-corrected chi connectivity index (χ4v) is 2.23. The molecule has 8 heteroatoms. The maximum absolute atomic E-state index is 12.7. The number of halogens is 4. The quantitative estimate of drug-likeness (QED) is 0.900. The van der Waals surface area contributed by atoms with E-state index in [4.69, 9.17) is 10.5 Å². The Morgan fingerprint density at radius 1 is 1.41 bits per heavy atom. The van der Waals surface area contributed by atoms with Crippen LogP contribution in [0.3, 0.4) is 0 Å². The van der Waals surface area contributed by atoms with E-state index in [0.29, 0.717) is 26.1 Å². The summed E-state index contributed by atoms with van der Waals surface area (Å²) < 4.78 is 43.5. The summed E-state index contributed by atoms with van der Waals surface area (Å²) in [5, 5.41) is 0. The number of nitrogens with two attached hydrogens (primary N) is 1. The molecule has 1 aromatic rings. The molecule has 1 aromatic carbocycles. The smallest absolute Gasteiger partial charge is 0.375 e. The summed E-state index contributed by atoms with van der Waals surface area (Å²) in [6.45, 7) is 1.51. The van der Waals surface area contributed by atoms with Gasteiger partial charge in [0.1, 0.15) is 0 Å². The van der Waals surface area contributed by atoms with Crippen LogP contribution in [0.15, 0.2) is 24.3 Å². The Hall–Kier alpha value is -1.31. The molecule has 1 saturated heterocycles. The Morgan fingerprint density at radius 2 is 2.14 bits per heavy atom. The largest absolute Gasteiger partial charge is 0.416 e. The highest BCUT2D eigenvalue weighted by Gasteiger charge is 2.31. The summed E-state index contributed by atoms with van der Waals surface area (Å²) in [5.41, 5.74) is 4.75. The third-order valence-electron chi connectivity index (χ3n) is 3.34. The molecule has 0 spiro atoms. The van der Waals surface area contributed by atoms with Gasteiger partial charge in [0.15, 0.2) is 0 Å². The molecule has 0 radical (unpaired) electrons. The van der Waals surface area contributed by atoms with E-state index in [2.05, 4.69) is 0 Å². The van der Waals surface area contributed by atoms with E-state index in [9.17, 15) is 18.0 Å². The van der Waals surface area contributed by atoms with Crippen LogP contribution in [-0.2, 0) is 10.9 Å². The number of carbonyl (C=O) groups is 1. The molecule has 0 aromatic heterocycles. The van der Waals surface area contributed by atoms with Gasteiger partial charge in [0, 0.05) is 31.8 Å². The number of rotatable bonds is 2. The minimum Gasteiger partial charge on any atom is -0.375 e. The maximum atomic E-state index is 12.7. The van der Waals surface area contributed by atoms with Gasteiger partial charge < -0.3 is 15.4 Å². The molecule has 1 heterocycles. The minimum atomic E-state index is -4.46. The van der Waals surface area contributed by atoms with Crippen LogP contribution in [0.1, 0.15) is 22.3 Å². The molecule has 1 atom stereocenters. The van der Waals surface area contributed by atoms with Crippen molar-refractivity contribution in [3.05, 3.63) is 35.4 Å². The summed E-state index contributed by atoms with van der Waals surface area (Å²) in [6.07, 6.45) is -4.10. The summed E-state index contributed by atoms with van der Waals surface area (Å²) in [4.78, 5) is 13.9. The summed E-state index contributed by atoms with van der Waals surface area (Å²) in [5.74, 6) is -0.426. The van der Waals surface area contributed by atoms with Crippen molar-refractivity contribution in [2.24, 2.45) is 5.73 Å². The topological polar surface area (TPSA) is 55.6 Å². The van der Waals surface area contributed by atoms with Crippen LogP contribution in [0.4, 0.5) is 13.2 Å². The van der Waals surface area contributed by atoms with Gasteiger partial charge in [0.2, 0.25) is 0 Å². The van der Waals surface area contributed by atoms with Crippen molar-refractivity contribution in [2.75, 3.05) is 26.2 Å². The Balaban J connectivity index is 0.00000242. The molecule has 0 aliphatic carbocycles. The number of benzene rings is 1. The molecule has 1 aliphatic rings. The van der Waals surface area contributed by atoms with Gasteiger partial charge in [-0.15, -0.1) is 12.4 Å². The first-order valence-electron chi connectivity index (χ1n) is 6.70. The summed E-state index contributed by atoms with van der Waals surface area (Å²) in [7, 11) is 0. The summed E-state index contributed by atoms with van der Waals surface area (Å²) >= 11 is 0. The molecule has 1 amide bonds. The van der Waals surface area contributed by atoms with Crippen molar-refractivity contribution in [3.63, 3.8) is 0 Å². The Bertz CT molecular complexity index is 511. The van der Waals surface area contributed by atoms with Crippen molar-refractivity contribution < 1.29 is 22.7 Å². The highest BCUT2D eigenvalue weighted by Crippen LogP contribution is 2.29. The SMILES string of the molecule is Cl.NCC1CN(C(=O)c2cccc(C(F)(F)F)c2)CCCO1. The lowest BCUT2D eigenvalue weighted by Crippen LogP contribution is -2.39. The van der Waals surface area contributed by atoms with E-state index >= 15 is 0 Å². The fraction of sp³-hybridized carbons (Fsp3) is 0.500. The van der Waals surface area contributed by atoms with Gasteiger partial charge >= 0.3 is 6.18 Å². The molecule has 1 fully saturated rings. The number of hydrogen-bond acceptors (Lipinski definition) is 3. The second kappa shape index (κ2) is 7.80. The molecule has 0 saturated carbocycles. The Morgan fingerprint density at radius 3 is 2.77 bits per heavy atom. The predicted octanol–water partition coefficient (Wildman–Crippen LogP) is 2.32. The first-order chi connectivity index (χ1) is 9.91. The highest BCUT2D eigenvalue weighted by atomic mass is 35.5. The van der Waals surface area contributed by atoms with Gasteiger partial charge in [-0.2, -0.15) is 13.2 Å². The lowest BCUT2D eigenvalue weighted by Gasteiger charge is -2.23. The zero-order chi connectivity index (χ0) is 15.5. The fourth-order valence-electron chi connectivity index (χ4n) is 2.23. The van der Waals surface area contributed by atoms with E-state index < -0.39 is 17.6 Å². The molecule has 0 bridgehead atoms. The number of alkyl halides is 3. The Kier molecular flexibility index (Phi) is 6.65. The molecule has 1 unspecified atom stereocenters. The zero-order valence-corrected chi connectivity index (χ0v) is 12.6. The average Bonchev–Trinajstić information content (AvgIpc) is 2.71. The first kappa shape index (κ1) is 18.7. The molecule has 2 rings (SSSR count). The van der Waals surface area contributed by atoms with Crippen LogP contribution < -0.4 is 5.73 Å². The van der Waals surface area contributed by atoms with Crippen molar-refractivity contribution in [2.45, 2.75) is 18.7 Å². The van der Waals surface area contributed by atoms with Gasteiger partial charge in [0.25, 0.3) is 5.91 Å². The lowest BCUT2D eigenvalue weighted by molar-refractivity contribution is -0.137. The number of amides is 1.